The van der Waals surface area contributed by atoms with Crippen molar-refractivity contribution in [2.75, 3.05) is 26.3 Å². The van der Waals surface area contributed by atoms with Crippen molar-refractivity contribution in [3.63, 3.8) is 0 Å². The molecule has 2 aromatic carbocycles. The Labute approximate surface area is 159 Å². The Hall–Kier alpha value is -2.37. The van der Waals surface area contributed by atoms with Gasteiger partial charge < -0.3 is 19.1 Å². The van der Waals surface area contributed by atoms with E-state index >= 15 is 0 Å². The average molecular weight is 367 g/mol. The van der Waals surface area contributed by atoms with Crippen LogP contribution in [0.2, 0.25) is 0 Å². The molecule has 0 radical (unpaired) electrons. The largest absolute Gasteiger partial charge is 0.489 e. The van der Waals surface area contributed by atoms with Gasteiger partial charge in [-0.1, -0.05) is 36.4 Å². The highest BCUT2D eigenvalue weighted by atomic mass is 16.7. The third-order valence-electron chi connectivity index (χ3n) is 5.19. The quantitative estimate of drug-likeness (QED) is 0.812. The summed E-state index contributed by atoms with van der Waals surface area (Å²) in [4.78, 5) is 14.8. The van der Waals surface area contributed by atoms with Gasteiger partial charge in [0.15, 0.2) is 6.29 Å². The lowest BCUT2D eigenvalue weighted by atomic mass is 9.95. The first kappa shape index (κ1) is 18.0. The molecule has 2 fully saturated rings. The molecule has 0 saturated carbocycles. The standard InChI is InChI=1S/C22H25NO4/c24-21(23-11-9-18(10-12-23)22-25-13-14-26-22)19-7-4-8-20(15-19)27-16-17-5-2-1-3-6-17/h1-8,15,18,22H,9-14,16H2. The number of carbonyl (C=O) groups excluding carboxylic acids is 1. The molecule has 2 saturated heterocycles. The van der Waals surface area contributed by atoms with E-state index in [1.807, 2.05) is 59.5 Å². The van der Waals surface area contributed by atoms with E-state index in [4.69, 9.17) is 14.2 Å². The van der Waals surface area contributed by atoms with Crippen LogP contribution in [0, 0.1) is 5.92 Å². The number of benzene rings is 2. The number of ether oxygens (including phenoxy) is 3. The van der Waals surface area contributed by atoms with Gasteiger partial charge >= 0.3 is 0 Å². The van der Waals surface area contributed by atoms with Crippen LogP contribution in [0.15, 0.2) is 54.6 Å². The predicted octanol–water partition coefficient (Wildman–Crippen LogP) is 3.49. The molecule has 0 bridgehead atoms. The Bertz CT molecular complexity index is 750. The van der Waals surface area contributed by atoms with Gasteiger partial charge in [-0.15, -0.1) is 0 Å². The Balaban J connectivity index is 1.33. The Morgan fingerprint density at radius 2 is 1.74 bits per heavy atom. The molecule has 2 heterocycles. The average Bonchev–Trinajstić information content (AvgIpc) is 3.28. The van der Waals surface area contributed by atoms with Gasteiger partial charge in [0.05, 0.1) is 13.2 Å². The second-order valence-corrected chi connectivity index (χ2v) is 7.04. The summed E-state index contributed by atoms with van der Waals surface area (Å²) in [6.45, 7) is 3.33. The van der Waals surface area contributed by atoms with E-state index in [0.29, 0.717) is 37.1 Å². The zero-order chi connectivity index (χ0) is 18.5. The van der Waals surface area contributed by atoms with Crippen molar-refractivity contribution in [3.05, 3.63) is 65.7 Å². The monoisotopic (exact) mass is 367 g/mol. The second kappa shape index (κ2) is 8.55. The summed E-state index contributed by atoms with van der Waals surface area (Å²) in [5.74, 6) is 1.16. The molecule has 0 spiro atoms. The van der Waals surface area contributed by atoms with Gasteiger partial charge in [-0.3, -0.25) is 4.79 Å². The minimum Gasteiger partial charge on any atom is -0.489 e. The summed E-state index contributed by atoms with van der Waals surface area (Å²) in [5, 5.41) is 0. The van der Waals surface area contributed by atoms with Crippen LogP contribution in [0.25, 0.3) is 0 Å². The Morgan fingerprint density at radius 1 is 1.00 bits per heavy atom. The van der Waals surface area contributed by atoms with Gasteiger partial charge in [-0.05, 0) is 36.6 Å². The van der Waals surface area contributed by atoms with E-state index in [1.165, 1.54) is 0 Å². The molecular formula is C22H25NO4. The highest BCUT2D eigenvalue weighted by molar-refractivity contribution is 5.94. The van der Waals surface area contributed by atoms with Crippen LogP contribution in [-0.4, -0.2) is 43.4 Å². The van der Waals surface area contributed by atoms with E-state index in [0.717, 1.165) is 31.5 Å². The predicted molar refractivity (Wildman–Crippen MR) is 102 cm³/mol. The van der Waals surface area contributed by atoms with E-state index < -0.39 is 0 Å². The Kier molecular flexibility index (Phi) is 5.70. The summed E-state index contributed by atoms with van der Waals surface area (Å²) in [6.07, 6.45) is 1.75. The number of rotatable bonds is 5. The van der Waals surface area contributed by atoms with Crippen molar-refractivity contribution in [2.24, 2.45) is 5.92 Å². The molecule has 4 rings (SSSR count). The molecular weight excluding hydrogens is 342 g/mol. The van der Waals surface area contributed by atoms with Crippen LogP contribution >= 0.6 is 0 Å². The van der Waals surface area contributed by atoms with Gasteiger partial charge in [-0.25, -0.2) is 0 Å². The van der Waals surface area contributed by atoms with E-state index in [-0.39, 0.29) is 12.2 Å². The van der Waals surface area contributed by atoms with Gasteiger partial charge in [0.25, 0.3) is 5.91 Å². The maximum absolute atomic E-state index is 12.9. The maximum Gasteiger partial charge on any atom is 0.253 e. The first-order chi connectivity index (χ1) is 13.3. The first-order valence-electron chi connectivity index (χ1n) is 9.59. The molecule has 0 aliphatic carbocycles. The number of likely N-dealkylation sites (tertiary alicyclic amines) is 1. The highest BCUT2D eigenvalue weighted by Gasteiger charge is 2.32. The fourth-order valence-electron chi connectivity index (χ4n) is 3.67. The molecule has 27 heavy (non-hydrogen) atoms. The smallest absolute Gasteiger partial charge is 0.253 e. The summed E-state index contributed by atoms with van der Waals surface area (Å²) in [7, 11) is 0. The highest BCUT2D eigenvalue weighted by Crippen LogP contribution is 2.27. The SMILES string of the molecule is O=C(c1cccc(OCc2ccccc2)c1)N1CCC(C2OCCO2)CC1. The zero-order valence-corrected chi connectivity index (χ0v) is 15.4. The van der Waals surface area contributed by atoms with Crippen molar-refractivity contribution in [3.8, 4) is 5.75 Å². The molecule has 5 nitrogen and oxygen atoms in total. The maximum atomic E-state index is 12.9. The number of amides is 1. The summed E-state index contributed by atoms with van der Waals surface area (Å²) >= 11 is 0. The second-order valence-electron chi connectivity index (χ2n) is 7.04. The number of carbonyl (C=O) groups is 1. The van der Waals surface area contributed by atoms with Gasteiger partial charge in [0.2, 0.25) is 0 Å². The van der Waals surface area contributed by atoms with E-state index in [1.54, 1.807) is 0 Å². The molecule has 2 aliphatic rings. The molecule has 0 aromatic heterocycles. The van der Waals surface area contributed by atoms with Gasteiger partial charge in [0, 0.05) is 24.6 Å². The number of hydrogen-bond donors (Lipinski definition) is 0. The fourth-order valence-corrected chi connectivity index (χ4v) is 3.67. The minimum absolute atomic E-state index is 0.0619. The third kappa shape index (κ3) is 4.49. The molecule has 1 amide bonds. The normalized spacial score (nSPS) is 18.6. The van der Waals surface area contributed by atoms with Crippen LogP contribution in [0.1, 0.15) is 28.8 Å². The van der Waals surface area contributed by atoms with Crippen molar-refractivity contribution in [1.29, 1.82) is 0 Å². The number of hydrogen-bond acceptors (Lipinski definition) is 4. The molecule has 142 valence electrons. The fraction of sp³-hybridized carbons (Fsp3) is 0.409. The van der Waals surface area contributed by atoms with Gasteiger partial charge in [-0.2, -0.15) is 0 Å². The molecule has 2 aromatic rings. The van der Waals surface area contributed by atoms with Crippen LogP contribution in [-0.2, 0) is 16.1 Å². The first-order valence-corrected chi connectivity index (χ1v) is 9.59. The van der Waals surface area contributed by atoms with E-state index in [9.17, 15) is 4.79 Å². The minimum atomic E-state index is -0.0861. The van der Waals surface area contributed by atoms with Crippen LogP contribution < -0.4 is 4.74 Å². The third-order valence-corrected chi connectivity index (χ3v) is 5.19. The number of nitrogens with zero attached hydrogens (tertiary/aromatic N) is 1. The van der Waals surface area contributed by atoms with Crippen LogP contribution in [0.4, 0.5) is 0 Å². The topological polar surface area (TPSA) is 48.0 Å². The summed E-state index contributed by atoms with van der Waals surface area (Å²) < 4.78 is 17.1. The molecule has 0 atom stereocenters. The lowest BCUT2D eigenvalue weighted by Crippen LogP contribution is -2.41. The van der Waals surface area contributed by atoms with Crippen molar-refractivity contribution in [2.45, 2.75) is 25.7 Å². The van der Waals surface area contributed by atoms with Gasteiger partial charge in [0.1, 0.15) is 12.4 Å². The summed E-state index contributed by atoms with van der Waals surface area (Å²) in [5.41, 5.74) is 1.78. The zero-order valence-electron chi connectivity index (χ0n) is 15.4. The lowest BCUT2D eigenvalue weighted by molar-refractivity contribution is -0.0956. The lowest BCUT2D eigenvalue weighted by Gasteiger charge is -2.34. The van der Waals surface area contributed by atoms with Crippen molar-refractivity contribution in [1.82, 2.24) is 4.90 Å². The van der Waals surface area contributed by atoms with Crippen molar-refractivity contribution < 1.29 is 19.0 Å². The molecule has 2 aliphatic heterocycles. The Morgan fingerprint density at radius 3 is 2.48 bits per heavy atom. The number of piperidine rings is 1. The molecule has 5 heteroatoms. The molecule has 0 N–H and O–H groups in total. The van der Waals surface area contributed by atoms with E-state index in [2.05, 4.69) is 0 Å². The van der Waals surface area contributed by atoms with Crippen LogP contribution in [0.3, 0.4) is 0 Å². The van der Waals surface area contributed by atoms with Crippen LogP contribution in [0.5, 0.6) is 5.75 Å². The van der Waals surface area contributed by atoms with Crippen molar-refractivity contribution >= 4 is 5.91 Å². The molecule has 0 unspecified atom stereocenters. The summed E-state index contributed by atoms with van der Waals surface area (Å²) in [6, 6.07) is 17.5.